The first kappa shape index (κ1) is 29.1. The van der Waals surface area contributed by atoms with E-state index in [0.717, 1.165) is 5.56 Å². The molecule has 0 saturated carbocycles. The Morgan fingerprint density at radius 1 is 1.36 bits per heavy atom. The lowest BCUT2D eigenvalue weighted by Gasteiger charge is -2.39. The minimum absolute atomic E-state index is 0.0522. The molecule has 39 heavy (non-hydrogen) atoms. The summed E-state index contributed by atoms with van der Waals surface area (Å²) in [5, 5.41) is 15.3. The molecule has 0 spiro atoms. The van der Waals surface area contributed by atoms with Crippen molar-refractivity contribution in [1.82, 2.24) is 15.2 Å². The van der Waals surface area contributed by atoms with Crippen molar-refractivity contribution in [3.63, 3.8) is 0 Å². The van der Waals surface area contributed by atoms with Crippen molar-refractivity contribution in [3.8, 4) is 11.8 Å². The zero-order valence-electron chi connectivity index (χ0n) is 21.3. The Kier molecular flexibility index (Phi) is 10.0. The van der Waals surface area contributed by atoms with Crippen LogP contribution in [0, 0.1) is 11.8 Å². The number of hydrogen-bond donors (Lipinski definition) is 2. The number of rotatable bonds is 10. The van der Waals surface area contributed by atoms with E-state index in [1.807, 2.05) is 30.5 Å². The SMILES string of the molecule is CCOCOCC1=C(CN2CC(F)(F)CC[C@@H]2C#CCC(=O)O)NC(c2nccs2)=N[C@H]1c1ccccc1Cl. The topological polar surface area (TPSA) is 96.3 Å². The van der Waals surface area contributed by atoms with Crippen LogP contribution in [0.25, 0.3) is 0 Å². The number of ether oxygens (including phenoxy) is 2. The zero-order chi connectivity index (χ0) is 27.8. The van der Waals surface area contributed by atoms with Crippen LogP contribution in [0.4, 0.5) is 8.78 Å². The molecule has 0 unspecified atom stereocenters. The van der Waals surface area contributed by atoms with Crippen LogP contribution in [0.15, 0.2) is 52.1 Å². The molecule has 0 radical (unpaired) electrons. The van der Waals surface area contributed by atoms with E-state index in [-0.39, 0.29) is 39.2 Å². The summed E-state index contributed by atoms with van der Waals surface area (Å²) in [7, 11) is 0. The molecule has 0 bridgehead atoms. The van der Waals surface area contributed by atoms with Crippen LogP contribution >= 0.6 is 22.9 Å². The van der Waals surface area contributed by atoms with E-state index in [9.17, 15) is 13.6 Å². The summed E-state index contributed by atoms with van der Waals surface area (Å²) >= 11 is 7.99. The number of aliphatic imine (C=N–C) groups is 1. The zero-order valence-corrected chi connectivity index (χ0v) is 22.9. The van der Waals surface area contributed by atoms with Gasteiger partial charge in [0.15, 0.2) is 10.8 Å². The number of amidine groups is 1. The van der Waals surface area contributed by atoms with E-state index >= 15 is 0 Å². The molecule has 0 aliphatic carbocycles. The third kappa shape index (κ3) is 7.84. The number of hydrogen-bond acceptors (Lipinski definition) is 8. The van der Waals surface area contributed by atoms with E-state index in [1.54, 1.807) is 17.2 Å². The van der Waals surface area contributed by atoms with E-state index in [1.165, 1.54) is 11.3 Å². The minimum atomic E-state index is -2.90. The Morgan fingerprint density at radius 2 is 2.18 bits per heavy atom. The molecule has 4 rings (SSSR count). The summed E-state index contributed by atoms with van der Waals surface area (Å²) in [5.74, 6) is 2.04. The van der Waals surface area contributed by atoms with Gasteiger partial charge in [0.2, 0.25) is 0 Å². The number of thiazole rings is 1. The number of aromatic nitrogens is 1. The number of nitrogens with zero attached hydrogens (tertiary/aromatic N) is 3. The highest BCUT2D eigenvalue weighted by Crippen LogP contribution is 2.37. The second-order valence-electron chi connectivity index (χ2n) is 9.03. The van der Waals surface area contributed by atoms with E-state index in [0.29, 0.717) is 33.7 Å². The van der Waals surface area contributed by atoms with Gasteiger partial charge in [-0.2, -0.15) is 0 Å². The molecular formula is C27H29ClF2N4O4S. The van der Waals surface area contributed by atoms with Gasteiger partial charge in [0.1, 0.15) is 19.3 Å². The number of likely N-dealkylation sites (tertiary alicyclic amines) is 1. The molecule has 1 saturated heterocycles. The maximum absolute atomic E-state index is 14.6. The number of nitrogens with one attached hydrogen (secondary N) is 1. The Hall–Kier alpha value is -2.88. The predicted octanol–water partition coefficient (Wildman–Crippen LogP) is 4.73. The number of piperidine rings is 1. The number of carbonyl (C=O) groups is 1. The second kappa shape index (κ2) is 13.5. The number of carboxylic acid groups (broad SMARTS) is 1. The largest absolute Gasteiger partial charge is 0.481 e. The summed E-state index contributed by atoms with van der Waals surface area (Å²) in [6.07, 6.45) is 1.11. The van der Waals surface area contributed by atoms with Crippen molar-refractivity contribution >= 4 is 34.7 Å². The van der Waals surface area contributed by atoms with Gasteiger partial charge in [-0.15, -0.1) is 11.3 Å². The lowest BCUT2D eigenvalue weighted by atomic mass is 9.94. The van der Waals surface area contributed by atoms with Crippen LogP contribution in [0.3, 0.4) is 0 Å². The standard InChI is InChI=1S/C27H29ClF2N4O4S/c1-2-37-17-38-15-20-22(14-34-16-27(29,30)11-10-18(34)6-5-9-23(35)36)32-25(26-31-12-13-39-26)33-24(20)19-7-3-4-8-21(19)28/h3-4,7-8,12-13,18,24H,2,9-11,14-17H2,1H3,(H,32,33)(H,35,36)/t18-,24-/m0/s1. The average molecular weight is 579 g/mol. The lowest BCUT2D eigenvalue weighted by Crippen LogP contribution is -2.50. The van der Waals surface area contributed by atoms with Crippen LogP contribution in [0.5, 0.6) is 0 Å². The van der Waals surface area contributed by atoms with Crippen molar-refractivity contribution in [3.05, 3.63) is 62.7 Å². The smallest absolute Gasteiger partial charge is 0.315 e. The monoisotopic (exact) mass is 578 g/mol. The van der Waals surface area contributed by atoms with E-state index in [4.69, 9.17) is 31.2 Å². The Labute approximate surface area is 234 Å². The normalized spacial score (nSPS) is 21.1. The molecule has 12 heteroatoms. The minimum Gasteiger partial charge on any atom is -0.481 e. The van der Waals surface area contributed by atoms with Crippen LogP contribution in [-0.4, -0.2) is 71.9 Å². The van der Waals surface area contributed by atoms with Crippen molar-refractivity contribution in [1.29, 1.82) is 0 Å². The number of benzene rings is 1. The maximum Gasteiger partial charge on any atom is 0.315 e. The molecule has 208 valence electrons. The molecule has 8 nitrogen and oxygen atoms in total. The predicted molar refractivity (Wildman–Crippen MR) is 145 cm³/mol. The van der Waals surface area contributed by atoms with Gasteiger partial charge in [-0.1, -0.05) is 41.6 Å². The Morgan fingerprint density at radius 3 is 2.90 bits per heavy atom. The fraction of sp³-hybridized carbons (Fsp3) is 0.444. The molecule has 2 N–H and O–H groups in total. The van der Waals surface area contributed by atoms with Gasteiger partial charge in [0.25, 0.3) is 5.92 Å². The van der Waals surface area contributed by atoms with Crippen LogP contribution in [0.2, 0.25) is 5.02 Å². The Balaban J connectivity index is 1.74. The summed E-state index contributed by atoms with van der Waals surface area (Å²) in [5.41, 5.74) is 2.08. The first-order valence-electron chi connectivity index (χ1n) is 12.5. The molecule has 2 aliphatic rings. The van der Waals surface area contributed by atoms with Crippen LogP contribution in [-0.2, 0) is 14.3 Å². The van der Waals surface area contributed by atoms with Gasteiger partial charge in [-0.05, 0) is 25.0 Å². The second-order valence-corrected chi connectivity index (χ2v) is 10.3. The molecule has 3 heterocycles. The van der Waals surface area contributed by atoms with Crippen LogP contribution < -0.4 is 5.32 Å². The van der Waals surface area contributed by atoms with Gasteiger partial charge < -0.3 is 19.9 Å². The highest BCUT2D eigenvalue weighted by atomic mass is 35.5. The average Bonchev–Trinajstić information content (AvgIpc) is 3.43. The van der Waals surface area contributed by atoms with Gasteiger partial charge in [0.05, 0.1) is 19.2 Å². The highest BCUT2D eigenvalue weighted by Gasteiger charge is 2.40. The van der Waals surface area contributed by atoms with Crippen molar-refractivity contribution in [2.45, 2.75) is 44.2 Å². The van der Waals surface area contributed by atoms with E-state index < -0.39 is 30.5 Å². The lowest BCUT2D eigenvalue weighted by molar-refractivity contribution is -0.135. The number of alkyl halides is 2. The first-order chi connectivity index (χ1) is 18.8. The third-order valence-electron chi connectivity index (χ3n) is 6.24. The fourth-order valence-electron chi connectivity index (χ4n) is 4.43. The third-order valence-corrected chi connectivity index (χ3v) is 7.36. The molecule has 1 aromatic carbocycles. The summed E-state index contributed by atoms with van der Waals surface area (Å²) in [6.45, 7) is 2.07. The molecule has 1 aromatic heterocycles. The molecule has 2 atom stereocenters. The van der Waals surface area contributed by atoms with Crippen molar-refractivity contribution in [2.24, 2.45) is 4.99 Å². The number of aliphatic carboxylic acids is 1. The van der Waals surface area contributed by atoms with Crippen molar-refractivity contribution in [2.75, 3.05) is 33.1 Å². The van der Waals surface area contributed by atoms with Gasteiger partial charge >= 0.3 is 5.97 Å². The molecule has 2 aliphatic heterocycles. The van der Waals surface area contributed by atoms with Gasteiger partial charge in [-0.3, -0.25) is 14.7 Å². The first-order valence-corrected chi connectivity index (χ1v) is 13.7. The molecule has 0 amide bonds. The van der Waals surface area contributed by atoms with Gasteiger partial charge in [-0.25, -0.2) is 13.8 Å². The van der Waals surface area contributed by atoms with Gasteiger partial charge in [0, 0.05) is 47.4 Å². The molecular weight excluding hydrogens is 550 g/mol. The van der Waals surface area contributed by atoms with E-state index in [2.05, 4.69) is 22.1 Å². The highest BCUT2D eigenvalue weighted by molar-refractivity contribution is 7.11. The molecule has 1 fully saturated rings. The quantitative estimate of drug-likeness (QED) is 0.239. The number of carboxylic acids is 1. The summed E-state index contributed by atoms with van der Waals surface area (Å²) < 4.78 is 40.4. The number of halogens is 3. The van der Waals surface area contributed by atoms with Crippen molar-refractivity contribution < 1.29 is 28.2 Å². The Bertz CT molecular complexity index is 1280. The summed E-state index contributed by atoms with van der Waals surface area (Å²) in [4.78, 5) is 21.9. The maximum atomic E-state index is 14.6. The van der Waals surface area contributed by atoms with Crippen LogP contribution in [0.1, 0.15) is 42.8 Å². The molecule has 2 aromatic rings. The fourth-order valence-corrected chi connectivity index (χ4v) is 5.25. The summed E-state index contributed by atoms with van der Waals surface area (Å²) in [6, 6.07) is 6.23.